The quantitative estimate of drug-likeness (QED) is 0.645. The number of methoxy groups -OCH3 is 1. The highest BCUT2D eigenvalue weighted by atomic mass is 32.1. The number of rotatable bonds is 7. The van der Waals surface area contributed by atoms with Crippen LogP contribution in [0.1, 0.15) is 5.01 Å². The fourth-order valence-corrected chi connectivity index (χ4v) is 2.09. The first-order chi connectivity index (χ1) is 10.3. The van der Waals surface area contributed by atoms with Crippen molar-refractivity contribution in [2.75, 3.05) is 30.8 Å². The van der Waals surface area contributed by atoms with Crippen molar-refractivity contribution in [2.24, 2.45) is 0 Å². The Kier molecular flexibility index (Phi) is 5.79. The average molecular weight is 309 g/mol. The van der Waals surface area contributed by atoms with Crippen molar-refractivity contribution in [1.82, 2.24) is 25.5 Å². The summed E-state index contributed by atoms with van der Waals surface area (Å²) in [6.45, 7) is 1.35. The molecule has 0 unspecified atom stereocenters. The molecule has 0 aromatic carbocycles. The number of hydrogen-bond acceptors (Lipinski definition) is 8. The van der Waals surface area contributed by atoms with Crippen LogP contribution in [-0.4, -0.2) is 46.4 Å². The van der Waals surface area contributed by atoms with E-state index >= 15 is 0 Å². The van der Waals surface area contributed by atoms with E-state index in [0.717, 1.165) is 0 Å². The lowest BCUT2D eigenvalue weighted by Gasteiger charge is -2.06. The summed E-state index contributed by atoms with van der Waals surface area (Å²) in [7, 11) is 1.57. The number of carbonyl (C=O) groups is 1. The van der Waals surface area contributed by atoms with Gasteiger partial charge in [-0.05, 0) is 0 Å². The number of nitrogens with one attached hydrogen (secondary N) is 3. The van der Waals surface area contributed by atoms with Crippen LogP contribution < -0.4 is 16.0 Å². The van der Waals surface area contributed by atoms with Crippen molar-refractivity contribution >= 4 is 28.3 Å². The second-order valence-corrected chi connectivity index (χ2v) is 4.89. The molecular weight excluding hydrogens is 294 g/mol. The highest BCUT2D eigenvalue weighted by Crippen LogP contribution is 2.15. The molecule has 2 aromatic rings. The lowest BCUT2D eigenvalue weighted by atomic mass is 10.5. The van der Waals surface area contributed by atoms with Crippen LogP contribution in [0.3, 0.4) is 0 Å². The van der Waals surface area contributed by atoms with Crippen LogP contribution in [0.4, 0.5) is 15.7 Å². The lowest BCUT2D eigenvalue weighted by molar-refractivity contribution is 0.184. The van der Waals surface area contributed by atoms with Crippen LogP contribution in [0.5, 0.6) is 0 Å². The molecule has 0 saturated carbocycles. The maximum absolute atomic E-state index is 11.6. The molecule has 0 fully saturated rings. The first-order valence-corrected chi connectivity index (χ1v) is 6.95. The highest BCUT2D eigenvalue weighted by molar-refractivity contribution is 7.15. The molecule has 0 saturated heterocycles. The summed E-state index contributed by atoms with van der Waals surface area (Å²) in [5, 5.41) is 17.2. The predicted molar refractivity (Wildman–Crippen MR) is 78.2 cm³/mol. The summed E-state index contributed by atoms with van der Waals surface area (Å²) >= 11 is 1.27. The molecule has 3 N–H and O–H groups in total. The molecule has 2 heterocycles. The molecule has 0 aliphatic heterocycles. The fraction of sp³-hybridized carbons (Fsp3) is 0.364. The Morgan fingerprint density at radius 2 is 2.24 bits per heavy atom. The van der Waals surface area contributed by atoms with Gasteiger partial charge in [0.15, 0.2) is 0 Å². The summed E-state index contributed by atoms with van der Waals surface area (Å²) in [5.41, 5.74) is 0. The van der Waals surface area contributed by atoms with Gasteiger partial charge in [-0.25, -0.2) is 9.78 Å². The lowest BCUT2D eigenvalue weighted by Crippen LogP contribution is -2.32. The molecule has 10 heteroatoms. The second kappa shape index (κ2) is 8.07. The van der Waals surface area contributed by atoms with Gasteiger partial charge in [0.05, 0.1) is 6.20 Å². The number of hydrogen-bond donors (Lipinski definition) is 3. The minimum absolute atomic E-state index is 0.337. The normalized spacial score (nSPS) is 10.1. The van der Waals surface area contributed by atoms with Crippen LogP contribution in [-0.2, 0) is 11.3 Å². The van der Waals surface area contributed by atoms with Crippen LogP contribution in [0.25, 0.3) is 0 Å². The van der Waals surface area contributed by atoms with E-state index in [1.54, 1.807) is 25.7 Å². The van der Waals surface area contributed by atoms with Gasteiger partial charge in [-0.15, -0.1) is 10.2 Å². The van der Waals surface area contributed by atoms with Gasteiger partial charge in [-0.3, -0.25) is 10.3 Å². The number of amides is 2. The van der Waals surface area contributed by atoms with E-state index in [4.69, 9.17) is 4.74 Å². The molecule has 0 bridgehead atoms. The monoisotopic (exact) mass is 309 g/mol. The van der Waals surface area contributed by atoms with E-state index in [2.05, 4.69) is 36.1 Å². The van der Waals surface area contributed by atoms with Gasteiger partial charge < -0.3 is 15.4 Å². The third kappa shape index (κ3) is 5.28. The zero-order chi connectivity index (χ0) is 14.9. The van der Waals surface area contributed by atoms with Gasteiger partial charge in [-0.2, -0.15) is 0 Å². The van der Waals surface area contributed by atoms with Gasteiger partial charge in [0.1, 0.15) is 17.4 Å². The molecule has 0 aliphatic carbocycles. The molecule has 0 atom stereocenters. The Bertz CT molecular complexity index is 563. The molecule has 0 aliphatic rings. The summed E-state index contributed by atoms with van der Waals surface area (Å²) in [6.07, 6.45) is 4.80. The summed E-state index contributed by atoms with van der Waals surface area (Å²) < 4.78 is 4.93. The van der Waals surface area contributed by atoms with Crippen LogP contribution in [0.2, 0.25) is 0 Å². The van der Waals surface area contributed by atoms with Crippen LogP contribution in [0.15, 0.2) is 18.6 Å². The smallest absolute Gasteiger partial charge is 0.321 e. The zero-order valence-corrected chi connectivity index (χ0v) is 12.2. The first kappa shape index (κ1) is 15.1. The number of aromatic nitrogens is 4. The first-order valence-electron chi connectivity index (χ1n) is 6.14. The van der Waals surface area contributed by atoms with Crippen molar-refractivity contribution < 1.29 is 9.53 Å². The number of ether oxygens (including phenoxy) is 1. The van der Waals surface area contributed by atoms with Gasteiger partial charge in [0.2, 0.25) is 5.13 Å². The predicted octanol–water partition coefficient (Wildman–Crippen LogP) is 0.708. The molecule has 2 rings (SSSR count). The molecule has 0 spiro atoms. The number of anilines is 2. The van der Waals surface area contributed by atoms with E-state index in [-0.39, 0.29) is 6.03 Å². The molecule has 112 valence electrons. The van der Waals surface area contributed by atoms with Gasteiger partial charge in [-0.1, -0.05) is 11.3 Å². The molecule has 2 aromatic heterocycles. The summed E-state index contributed by atoms with van der Waals surface area (Å²) in [5.74, 6) is 0.660. The Morgan fingerprint density at radius 1 is 1.33 bits per heavy atom. The van der Waals surface area contributed by atoms with E-state index in [1.807, 2.05) is 0 Å². The van der Waals surface area contributed by atoms with Crippen LogP contribution in [0, 0.1) is 0 Å². The number of carbonyl (C=O) groups excluding carboxylic acids is 1. The molecule has 9 nitrogen and oxygen atoms in total. The van der Waals surface area contributed by atoms with Crippen LogP contribution >= 0.6 is 11.3 Å². The largest absolute Gasteiger partial charge is 0.377 e. The van der Waals surface area contributed by atoms with E-state index in [9.17, 15) is 4.79 Å². The zero-order valence-electron chi connectivity index (χ0n) is 11.4. The number of urea groups is 1. The fourth-order valence-electron chi connectivity index (χ4n) is 1.38. The van der Waals surface area contributed by atoms with E-state index in [0.29, 0.717) is 35.7 Å². The topological polar surface area (TPSA) is 114 Å². The van der Waals surface area contributed by atoms with Crippen molar-refractivity contribution in [3.05, 3.63) is 23.6 Å². The SMILES string of the molecule is COCc1nnc(NC(=O)NCCNc2cnccn2)s1. The highest BCUT2D eigenvalue weighted by Gasteiger charge is 2.07. The van der Waals surface area contributed by atoms with Gasteiger partial charge >= 0.3 is 6.03 Å². The van der Waals surface area contributed by atoms with E-state index in [1.165, 1.54) is 11.3 Å². The molecule has 0 radical (unpaired) electrons. The summed E-state index contributed by atoms with van der Waals surface area (Å²) in [4.78, 5) is 19.6. The third-order valence-corrected chi connectivity index (χ3v) is 3.05. The van der Waals surface area contributed by atoms with Gasteiger partial charge in [0.25, 0.3) is 0 Å². The Hall–Kier alpha value is -2.33. The maximum Gasteiger partial charge on any atom is 0.321 e. The standard InChI is InChI=1S/C11H15N7O2S/c1-20-7-9-17-18-11(21-9)16-10(19)15-5-4-14-8-6-12-2-3-13-8/h2-3,6H,4-5,7H2,1H3,(H,13,14)(H2,15,16,18,19). The minimum atomic E-state index is -0.337. The average Bonchev–Trinajstić information content (AvgIpc) is 2.92. The third-order valence-electron chi connectivity index (χ3n) is 2.23. The van der Waals surface area contributed by atoms with Crippen molar-refractivity contribution in [1.29, 1.82) is 0 Å². The minimum Gasteiger partial charge on any atom is -0.377 e. The Morgan fingerprint density at radius 3 is 3.00 bits per heavy atom. The van der Waals surface area contributed by atoms with Crippen molar-refractivity contribution in [2.45, 2.75) is 6.61 Å². The molecular formula is C11H15N7O2S. The van der Waals surface area contributed by atoms with Crippen molar-refractivity contribution in [3.8, 4) is 0 Å². The summed E-state index contributed by atoms with van der Waals surface area (Å²) in [6, 6.07) is -0.337. The Balaban J connectivity index is 1.65. The molecule has 21 heavy (non-hydrogen) atoms. The van der Waals surface area contributed by atoms with Gasteiger partial charge in [0, 0.05) is 32.6 Å². The Labute approximate surface area is 125 Å². The van der Waals surface area contributed by atoms with Crippen molar-refractivity contribution in [3.63, 3.8) is 0 Å². The maximum atomic E-state index is 11.6. The second-order valence-electron chi connectivity index (χ2n) is 3.83. The number of nitrogens with zero attached hydrogens (tertiary/aromatic N) is 4. The molecule has 2 amide bonds. The van der Waals surface area contributed by atoms with E-state index < -0.39 is 0 Å².